The van der Waals surface area contributed by atoms with Crippen LogP contribution < -0.4 is 5.56 Å². The lowest BCUT2D eigenvalue weighted by atomic mass is 10.3. The van der Waals surface area contributed by atoms with Crippen LogP contribution in [0.4, 0.5) is 0 Å². The Morgan fingerprint density at radius 2 is 2.22 bits per heavy atom. The number of likely N-dealkylation sites (N-methyl/N-ethyl adjacent to an activating group) is 1. The summed E-state index contributed by atoms with van der Waals surface area (Å²) < 4.78 is 1.43. The standard InChI is InChI=1S/C15H17ClN4O2S/c1-19(2)7-6-17-9-12-13(21)18-15(23)20(14(12)22)11-5-3-4-10(16)8-11/h3-5,8-9,22H,6-7H2,1-2H3,(H,18,21,23). The number of aromatic nitrogens is 2. The van der Waals surface area contributed by atoms with Crippen LogP contribution in [0.1, 0.15) is 5.56 Å². The highest BCUT2D eigenvalue weighted by Gasteiger charge is 2.12. The fourth-order valence-electron chi connectivity index (χ4n) is 1.92. The van der Waals surface area contributed by atoms with Gasteiger partial charge in [0, 0.05) is 17.8 Å². The molecule has 1 aromatic carbocycles. The zero-order valence-electron chi connectivity index (χ0n) is 12.8. The first-order chi connectivity index (χ1) is 10.9. The fourth-order valence-corrected chi connectivity index (χ4v) is 2.39. The van der Waals surface area contributed by atoms with E-state index in [2.05, 4.69) is 9.98 Å². The maximum atomic E-state index is 12.0. The minimum Gasteiger partial charge on any atom is -0.494 e. The van der Waals surface area contributed by atoms with Crippen LogP contribution in [0.3, 0.4) is 0 Å². The summed E-state index contributed by atoms with van der Waals surface area (Å²) in [6.07, 6.45) is 1.35. The predicted octanol–water partition coefficient (Wildman–Crippen LogP) is 2.23. The molecule has 0 atom stereocenters. The summed E-state index contributed by atoms with van der Waals surface area (Å²) in [5, 5.41) is 10.9. The van der Waals surface area contributed by atoms with Gasteiger partial charge in [0.2, 0.25) is 5.88 Å². The zero-order valence-corrected chi connectivity index (χ0v) is 14.4. The minimum atomic E-state index is -0.487. The van der Waals surface area contributed by atoms with Crippen LogP contribution in [0.5, 0.6) is 5.88 Å². The quantitative estimate of drug-likeness (QED) is 0.639. The Labute approximate surface area is 143 Å². The van der Waals surface area contributed by atoms with E-state index in [-0.39, 0.29) is 16.2 Å². The number of aromatic amines is 1. The van der Waals surface area contributed by atoms with E-state index in [1.165, 1.54) is 10.8 Å². The maximum absolute atomic E-state index is 12.0. The summed E-state index contributed by atoms with van der Waals surface area (Å²) in [4.78, 5) is 20.7. The molecule has 2 rings (SSSR count). The lowest BCUT2D eigenvalue weighted by Gasteiger charge is -2.11. The van der Waals surface area contributed by atoms with Crippen LogP contribution in [0, 0.1) is 4.77 Å². The topological polar surface area (TPSA) is 73.6 Å². The number of aliphatic imine (C=N–C) groups is 1. The molecule has 122 valence electrons. The maximum Gasteiger partial charge on any atom is 0.264 e. The second kappa shape index (κ2) is 7.54. The van der Waals surface area contributed by atoms with E-state index in [1.54, 1.807) is 24.3 Å². The van der Waals surface area contributed by atoms with Gasteiger partial charge in [0.1, 0.15) is 5.56 Å². The van der Waals surface area contributed by atoms with Crippen LogP contribution in [-0.2, 0) is 0 Å². The summed E-state index contributed by atoms with van der Waals surface area (Å²) in [5.74, 6) is -0.269. The third-order valence-electron chi connectivity index (χ3n) is 3.08. The Bertz CT molecular complexity index is 842. The van der Waals surface area contributed by atoms with E-state index in [0.29, 0.717) is 17.3 Å². The second-order valence-corrected chi connectivity index (χ2v) is 5.97. The summed E-state index contributed by atoms with van der Waals surface area (Å²) >= 11 is 11.1. The first kappa shape index (κ1) is 17.4. The van der Waals surface area contributed by atoms with Crippen LogP contribution in [0.25, 0.3) is 5.69 Å². The van der Waals surface area contributed by atoms with Crippen molar-refractivity contribution >= 4 is 30.0 Å². The Balaban J connectivity index is 2.48. The molecule has 0 saturated carbocycles. The molecule has 23 heavy (non-hydrogen) atoms. The fraction of sp³-hybridized carbons (Fsp3) is 0.267. The van der Waals surface area contributed by atoms with Crippen LogP contribution in [-0.4, -0.2) is 53.0 Å². The molecule has 2 aromatic rings. The van der Waals surface area contributed by atoms with Gasteiger partial charge in [0.15, 0.2) is 4.77 Å². The second-order valence-electron chi connectivity index (χ2n) is 5.15. The SMILES string of the molecule is CN(C)CCN=Cc1c(O)n(-c2cccc(Cl)c2)c(=S)[nH]c1=O. The van der Waals surface area contributed by atoms with E-state index in [1.807, 2.05) is 19.0 Å². The number of nitrogens with one attached hydrogen (secondary N) is 1. The van der Waals surface area contributed by atoms with Gasteiger partial charge in [0.25, 0.3) is 5.56 Å². The van der Waals surface area contributed by atoms with Gasteiger partial charge in [0.05, 0.1) is 12.2 Å². The van der Waals surface area contributed by atoms with Crippen LogP contribution >= 0.6 is 23.8 Å². The van der Waals surface area contributed by atoms with Crippen LogP contribution in [0.2, 0.25) is 5.02 Å². The minimum absolute atomic E-state index is 0.0531. The number of aromatic hydroxyl groups is 1. The summed E-state index contributed by atoms with van der Waals surface area (Å²) in [6, 6.07) is 6.81. The molecule has 0 spiro atoms. The highest BCUT2D eigenvalue weighted by atomic mass is 35.5. The molecule has 0 aliphatic carbocycles. The van der Waals surface area contributed by atoms with Crippen molar-refractivity contribution in [2.45, 2.75) is 0 Å². The number of hydrogen-bond acceptors (Lipinski definition) is 5. The molecule has 0 bridgehead atoms. The van der Waals surface area contributed by atoms with Gasteiger partial charge in [-0.15, -0.1) is 0 Å². The van der Waals surface area contributed by atoms with E-state index >= 15 is 0 Å². The normalized spacial score (nSPS) is 11.5. The van der Waals surface area contributed by atoms with Crippen molar-refractivity contribution in [2.24, 2.45) is 4.99 Å². The molecule has 0 amide bonds. The number of hydrogen-bond donors (Lipinski definition) is 2. The zero-order chi connectivity index (χ0) is 17.0. The number of benzene rings is 1. The Morgan fingerprint density at radius 1 is 1.48 bits per heavy atom. The summed E-state index contributed by atoms with van der Waals surface area (Å²) in [5.41, 5.74) is 0.121. The number of halogens is 1. The molecule has 8 heteroatoms. The Morgan fingerprint density at radius 3 is 2.87 bits per heavy atom. The summed E-state index contributed by atoms with van der Waals surface area (Å²) in [7, 11) is 3.86. The Hall–Kier alpha value is -1.96. The predicted molar refractivity (Wildman–Crippen MR) is 94.9 cm³/mol. The molecule has 1 aromatic heterocycles. The van der Waals surface area contributed by atoms with Crippen molar-refractivity contribution in [3.8, 4) is 11.6 Å². The van der Waals surface area contributed by atoms with E-state index in [4.69, 9.17) is 23.8 Å². The van der Waals surface area contributed by atoms with Crippen molar-refractivity contribution in [1.29, 1.82) is 0 Å². The molecule has 6 nitrogen and oxygen atoms in total. The highest BCUT2D eigenvalue weighted by Crippen LogP contribution is 2.21. The molecule has 0 aliphatic rings. The molecule has 0 fully saturated rings. The molecule has 2 N–H and O–H groups in total. The van der Waals surface area contributed by atoms with Crippen molar-refractivity contribution in [3.63, 3.8) is 0 Å². The van der Waals surface area contributed by atoms with Crippen LogP contribution in [0.15, 0.2) is 34.1 Å². The van der Waals surface area contributed by atoms with E-state index in [9.17, 15) is 9.90 Å². The average Bonchev–Trinajstić information content (AvgIpc) is 2.45. The smallest absolute Gasteiger partial charge is 0.264 e. The molecular weight excluding hydrogens is 336 g/mol. The lowest BCUT2D eigenvalue weighted by molar-refractivity contribution is 0.420. The monoisotopic (exact) mass is 352 g/mol. The van der Waals surface area contributed by atoms with Crippen molar-refractivity contribution < 1.29 is 5.11 Å². The Kier molecular flexibility index (Phi) is 5.70. The van der Waals surface area contributed by atoms with E-state index in [0.717, 1.165) is 6.54 Å². The van der Waals surface area contributed by atoms with Crippen molar-refractivity contribution in [2.75, 3.05) is 27.2 Å². The van der Waals surface area contributed by atoms with Crippen molar-refractivity contribution in [1.82, 2.24) is 14.5 Å². The number of rotatable bonds is 5. The van der Waals surface area contributed by atoms with Gasteiger partial charge >= 0.3 is 0 Å². The molecule has 0 aliphatic heterocycles. The third kappa shape index (κ3) is 4.28. The van der Waals surface area contributed by atoms with E-state index < -0.39 is 5.56 Å². The molecule has 0 saturated heterocycles. The van der Waals surface area contributed by atoms with Gasteiger partial charge in [-0.25, -0.2) is 0 Å². The van der Waals surface area contributed by atoms with Gasteiger partial charge in [-0.1, -0.05) is 17.7 Å². The summed E-state index contributed by atoms with van der Waals surface area (Å²) in [6.45, 7) is 1.25. The highest BCUT2D eigenvalue weighted by molar-refractivity contribution is 7.71. The van der Waals surface area contributed by atoms with Gasteiger partial charge in [-0.05, 0) is 44.5 Å². The third-order valence-corrected chi connectivity index (χ3v) is 3.60. The van der Waals surface area contributed by atoms with Crippen molar-refractivity contribution in [3.05, 3.63) is 50.0 Å². The largest absolute Gasteiger partial charge is 0.494 e. The average molecular weight is 353 g/mol. The molecule has 1 heterocycles. The number of H-pyrrole nitrogens is 1. The molecular formula is C15H17ClN4O2S. The van der Waals surface area contributed by atoms with Gasteiger partial charge < -0.3 is 10.0 Å². The first-order valence-corrected chi connectivity index (χ1v) is 7.67. The first-order valence-electron chi connectivity index (χ1n) is 6.89. The van der Waals surface area contributed by atoms with Gasteiger partial charge in [-0.2, -0.15) is 0 Å². The van der Waals surface area contributed by atoms with Gasteiger partial charge in [-0.3, -0.25) is 19.3 Å². The number of nitrogens with zero attached hydrogens (tertiary/aromatic N) is 3. The molecule has 0 radical (unpaired) electrons. The molecule has 0 unspecified atom stereocenters. The lowest BCUT2D eigenvalue weighted by Crippen LogP contribution is -2.19.